The number of hydrogen-bond donors (Lipinski definition) is 0. The molecular formula is C15H21ClN4O. The van der Waals surface area contributed by atoms with Crippen molar-refractivity contribution in [1.82, 2.24) is 19.5 Å². The number of methoxy groups -OCH3 is 1. The van der Waals surface area contributed by atoms with E-state index in [0.717, 1.165) is 23.9 Å². The van der Waals surface area contributed by atoms with Crippen molar-refractivity contribution in [1.29, 1.82) is 0 Å². The van der Waals surface area contributed by atoms with Gasteiger partial charge in [0, 0.05) is 6.54 Å². The summed E-state index contributed by atoms with van der Waals surface area (Å²) in [5.41, 5.74) is 1.53. The molecule has 2 heterocycles. The molecule has 2 aromatic heterocycles. The summed E-state index contributed by atoms with van der Waals surface area (Å²) in [5, 5.41) is 0. The van der Waals surface area contributed by atoms with Gasteiger partial charge < -0.3 is 9.30 Å². The summed E-state index contributed by atoms with van der Waals surface area (Å²) >= 11 is 6.05. The van der Waals surface area contributed by atoms with Crippen molar-refractivity contribution in [2.75, 3.05) is 7.11 Å². The molecule has 6 heteroatoms. The largest absolute Gasteiger partial charge is 0.479 e. The van der Waals surface area contributed by atoms with Gasteiger partial charge >= 0.3 is 0 Å². The first-order valence-electron chi connectivity index (χ1n) is 7.63. The SMILES string of the molecule is COc1ncnc2c1nc(CCl)n2CCC1CCCCC1. The standard InChI is InChI=1S/C15H21ClN4O/c1-21-15-13-14(17-10-18-15)20(12(9-16)19-13)8-7-11-5-3-2-4-6-11/h10-11H,2-9H2,1H3. The lowest BCUT2D eigenvalue weighted by molar-refractivity contribution is 0.324. The molecule has 0 bridgehead atoms. The van der Waals surface area contributed by atoms with Crippen LogP contribution in [-0.4, -0.2) is 26.6 Å². The highest BCUT2D eigenvalue weighted by atomic mass is 35.5. The molecule has 0 radical (unpaired) electrons. The maximum atomic E-state index is 6.05. The molecule has 0 saturated heterocycles. The molecule has 1 fully saturated rings. The average molecular weight is 309 g/mol. The van der Waals surface area contributed by atoms with Gasteiger partial charge in [-0.3, -0.25) is 0 Å². The van der Waals surface area contributed by atoms with Crippen LogP contribution in [0.25, 0.3) is 11.2 Å². The fourth-order valence-corrected chi connectivity index (χ4v) is 3.44. The van der Waals surface area contributed by atoms with Gasteiger partial charge in [-0.2, -0.15) is 4.98 Å². The van der Waals surface area contributed by atoms with Crippen molar-refractivity contribution >= 4 is 22.8 Å². The van der Waals surface area contributed by atoms with E-state index in [9.17, 15) is 0 Å². The number of alkyl halides is 1. The summed E-state index contributed by atoms with van der Waals surface area (Å²) in [7, 11) is 1.60. The lowest BCUT2D eigenvalue weighted by Crippen LogP contribution is -2.11. The summed E-state index contributed by atoms with van der Waals surface area (Å²) in [6.45, 7) is 0.920. The van der Waals surface area contributed by atoms with Gasteiger partial charge in [0.15, 0.2) is 11.2 Å². The molecule has 0 amide bonds. The number of fused-ring (bicyclic) bond motifs is 1. The molecule has 1 aliphatic carbocycles. The third-order valence-electron chi connectivity index (χ3n) is 4.38. The van der Waals surface area contributed by atoms with Crippen LogP contribution in [0.1, 0.15) is 44.3 Å². The molecule has 0 N–H and O–H groups in total. The minimum Gasteiger partial charge on any atom is -0.479 e. The van der Waals surface area contributed by atoms with Gasteiger partial charge in [0.1, 0.15) is 12.2 Å². The second-order valence-corrected chi connectivity index (χ2v) is 5.93. The van der Waals surface area contributed by atoms with E-state index in [2.05, 4.69) is 19.5 Å². The number of halogens is 1. The van der Waals surface area contributed by atoms with E-state index >= 15 is 0 Å². The molecule has 0 unspecified atom stereocenters. The van der Waals surface area contributed by atoms with Gasteiger partial charge in [-0.1, -0.05) is 32.1 Å². The number of imidazole rings is 1. The Morgan fingerprint density at radius 3 is 2.81 bits per heavy atom. The maximum absolute atomic E-state index is 6.05. The normalized spacial score (nSPS) is 16.5. The predicted octanol–water partition coefficient (Wildman–Crippen LogP) is 3.54. The van der Waals surface area contributed by atoms with Gasteiger partial charge in [-0.05, 0) is 12.3 Å². The molecule has 0 aromatic carbocycles. The second-order valence-electron chi connectivity index (χ2n) is 5.66. The first-order chi connectivity index (χ1) is 10.3. The Morgan fingerprint density at radius 1 is 1.29 bits per heavy atom. The van der Waals surface area contributed by atoms with Crippen LogP contribution in [0, 0.1) is 5.92 Å². The monoisotopic (exact) mass is 308 g/mol. The van der Waals surface area contributed by atoms with Crippen LogP contribution in [0.4, 0.5) is 0 Å². The van der Waals surface area contributed by atoms with E-state index in [-0.39, 0.29) is 0 Å². The van der Waals surface area contributed by atoms with Crippen molar-refractivity contribution in [2.45, 2.75) is 50.9 Å². The molecule has 1 aliphatic rings. The van der Waals surface area contributed by atoms with Crippen LogP contribution in [0.5, 0.6) is 5.88 Å². The predicted molar refractivity (Wildman–Crippen MR) is 82.6 cm³/mol. The van der Waals surface area contributed by atoms with E-state index in [4.69, 9.17) is 16.3 Å². The molecule has 0 spiro atoms. The van der Waals surface area contributed by atoms with Gasteiger partial charge in [0.05, 0.1) is 13.0 Å². The first kappa shape index (κ1) is 14.6. The summed E-state index contributed by atoms with van der Waals surface area (Å²) in [5.74, 6) is 2.57. The van der Waals surface area contributed by atoms with Crippen molar-refractivity contribution in [2.24, 2.45) is 5.92 Å². The first-order valence-corrected chi connectivity index (χ1v) is 8.17. The Kier molecular flexibility index (Phi) is 4.58. The highest BCUT2D eigenvalue weighted by molar-refractivity contribution is 6.16. The number of aryl methyl sites for hydroxylation is 1. The minimum atomic E-state index is 0.379. The Morgan fingerprint density at radius 2 is 2.10 bits per heavy atom. The van der Waals surface area contributed by atoms with Gasteiger partial charge in [0.25, 0.3) is 0 Å². The highest BCUT2D eigenvalue weighted by Crippen LogP contribution is 2.28. The number of rotatable bonds is 5. The smallest absolute Gasteiger partial charge is 0.245 e. The fourth-order valence-electron chi connectivity index (χ4n) is 3.23. The van der Waals surface area contributed by atoms with Crippen molar-refractivity contribution < 1.29 is 4.74 Å². The zero-order chi connectivity index (χ0) is 14.7. The molecule has 0 aliphatic heterocycles. The van der Waals surface area contributed by atoms with Crippen LogP contribution in [0.15, 0.2) is 6.33 Å². The number of aromatic nitrogens is 4. The number of ether oxygens (including phenoxy) is 1. The second kappa shape index (κ2) is 6.60. The third-order valence-corrected chi connectivity index (χ3v) is 4.62. The molecule has 5 nitrogen and oxygen atoms in total. The van der Waals surface area contributed by atoms with E-state index in [0.29, 0.717) is 17.3 Å². The van der Waals surface area contributed by atoms with Crippen molar-refractivity contribution in [3.63, 3.8) is 0 Å². The summed E-state index contributed by atoms with van der Waals surface area (Å²) < 4.78 is 7.39. The zero-order valence-electron chi connectivity index (χ0n) is 12.4. The fraction of sp³-hybridized carbons (Fsp3) is 0.667. The quantitative estimate of drug-likeness (QED) is 0.793. The average Bonchev–Trinajstić information content (AvgIpc) is 2.91. The molecule has 2 aromatic rings. The van der Waals surface area contributed by atoms with Crippen LogP contribution in [-0.2, 0) is 12.4 Å². The van der Waals surface area contributed by atoms with Crippen LogP contribution in [0.3, 0.4) is 0 Å². The maximum Gasteiger partial charge on any atom is 0.245 e. The van der Waals surface area contributed by atoms with E-state index in [1.54, 1.807) is 7.11 Å². The minimum absolute atomic E-state index is 0.379. The molecule has 3 rings (SSSR count). The lowest BCUT2D eigenvalue weighted by atomic mass is 9.87. The van der Waals surface area contributed by atoms with Crippen LogP contribution >= 0.6 is 11.6 Å². The van der Waals surface area contributed by atoms with Gasteiger partial charge in [0.2, 0.25) is 5.88 Å². The Hall–Kier alpha value is -1.36. The Bertz CT molecular complexity index is 607. The summed E-state index contributed by atoms with van der Waals surface area (Å²) in [6, 6.07) is 0. The topological polar surface area (TPSA) is 52.8 Å². The van der Waals surface area contributed by atoms with Crippen LogP contribution < -0.4 is 4.74 Å². The van der Waals surface area contributed by atoms with Gasteiger partial charge in [-0.25, -0.2) is 9.97 Å². The molecule has 114 valence electrons. The zero-order valence-corrected chi connectivity index (χ0v) is 13.1. The number of nitrogens with zero attached hydrogens (tertiary/aromatic N) is 4. The van der Waals surface area contributed by atoms with Crippen molar-refractivity contribution in [3.05, 3.63) is 12.2 Å². The Labute approximate surface area is 129 Å². The van der Waals surface area contributed by atoms with E-state index in [1.165, 1.54) is 44.9 Å². The molecular weight excluding hydrogens is 288 g/mol. The van der Waals surface area contributed by atoms with Gasteiger partial charge in [-0.15, -0.1) is 11.6 Å². The summed E-state index contributed by atoms with van der Waals surface area (Å²) in [4.78, 5) is 13.0. The summed E-state index contributed by atoms with van der Waals surface area (Å²) in [6.07, 6.45) is 9.52. The Balaban J connectivity index is 1.85. The lowest BCUT2D eigenvalue weighted by Gasteiger charge is -2.21. The van der Waals surface area contributed by atoms with Crippen molar-refractivity contribution in [3.8, 4) is 5.88 Å². The molecule has 1 saturated carbocycles. The van der Waals surface area contributed by atoms with Crippen LogP contribution in [0.2, 0.25) is 0 Å². The third kappa shape index (κ3) is 2.98. The number of hydrogen-bond acceptors (Lipinski definition) is 4. The molecule has 0 atom stereocenters. The molecule has 21 heavy (non-hydrogen) atoms. The highest BCUT2D eigenvalue weighted by Gasteiger charge is 2.18. The van der Waals surface area contributed by atoms with E-state index < -0.39 is 0 Å². The van der Waals surface area contributed by atoms with E-state index in [1.807, 2.05) is 0 Å².